The van der Waals surface area contributed by atoms with Crippen LogP contribution in [0.2, 0.25) is 0 Å². The lowest BCUT2D eigenvalue weighted by molar-refractivity contribution is -0.137. The highest BCUT2D eigenvalue weighted by molar-refractivity contribution is 7.98. The maximum atomic E-state index is 13.7. The molecule has 2 rings (SSSR count). The number of carboxylic acid groups (broad SMARTS) is 1. The quantitative estimate of drug-likeness (QED) is 0.0757. The molecule has 0 saturated carbocycles. The second-order valence-corrected chi connectivity index (χ2v) is 13.7. The van der Waals surface area contributed by atoms with Crippen molar-refractivity contribution in [2.45, 2.75) is 82.6 Å². The molecule has 0 radical (unpaired) electrons. The van der Waals surface area contributed by atoms with Crippen LogP contribution in [0.4, 0.5) is 0 Å². The van der Waals surface area contributed by atoms with Crippen LogP contribution in [0.1, 0.15) is 50.7 Å². The van der Waals surface area contributed by atoms with Crippen molar-refractivity contribution >= 4 is 53.2 Å². The summed E-state index contributed by atoms with van der Waals surface area (Å²) < 4.78 is 0. The van der Waals surface area contributed by atoms with E-state index in [1.807, 2.05) is 20.1 Å². The van der Waals surface area contributed by atoms with Gasteiger partial charge in [-0.25, -0.2) is 0 Å². The van der Waals surface area contributed by atoms with Crippen LogP contribution in [0.25, 0.3) is 0 Å². The summed E-state index contributed by atoms with van der Waals surface area (Å²) in [5.74, 6) is -4.64. The summed E-state index contributed by atoms with van der Waals surface area (Å²) in [4.78, 5) is 89.3. The Morgan fingerprint density at radius 3 is 1.69 bits per heavy atom. The zero-order valence-electron chi connectivity index (χ0n) is 29.8. The Kier molecular flexibility index (Phi) is 18.9. The molecule has 0 heterocycles. The molecule has 284 valence electrons. The van der Waals surface area contributed by atoms with Gasteiger partial charge in [-0.15, -0.1) is 0 Å². The van der Waals surface area contributed by atoms with Crippen molar-refractivity contribution in [2.75, 3.05) is 18.6 Å². The lowest BCUT2D eigenvalue weighted by Gasteiger charge is -2.25. The maximum Gasteiger partial charge on any atom is 0.303 e. The normalized spacial score (nSPS) is 13.8. The van der Waals surface area contributed by atoms with Gasteiger partial charge in [0.15, 0.2) is 0 Å². The Bertz CT molecular complexity index is 1500. The Labute approximate surface area is 308 Å². The summed E-state index contributed by atoms with van der Waals surface area (Å²) in [6, 6.07) is 12.2. The number of hydrogen-bond donors (Lipinski definition) is 8. The lowest BCUT2D eigenvalue weighted by atomic mass is 10.0. The summed E-state index contributed by atoms with van der Waals surface area (Å²) in [7, 11) is 0. The molecule has 0 saturated heterocycles. The van der Waals surface area contributed by atoms with Crippen LogP contribution in [-0.4, -0.2) is 95.3 Å². The van der Waals surface area contributed by atoms with Crippen LogP contribution in [0.5, 0.6) is 0 Å². The SMILES string of the molecule is CSCC[C@H](NC(=O)[C@H](CC(C)C)NC(=O)CNC(=O)[C@H](Cc1ccccc1)NC(=O)[C@H](Cc1ccccc1)NC(=O)[C@@H](N)CCC(=O)O)C(N)=O. The van der Waals surface area contributed by atoms with Crippen molar-refractivity contribution in [2.24, 2.45) is 17.4 Å². The van der Waals surface area contributed by atoms with E-state index in [2.05, 4.69) is 26.6 Å². The molecular weight excluding hydrogens is 691 g/mol. The zero-order chi connectivity index (χ0) is 38.6. The smallest absolute Gasteiger partial charge is 0.303 e. The number of nitrogens with two attached hydrogens (primary N) is 2. The molecule has 0 aliphatic heterocycles. The van der Waals surface area contributed by atoms with E-state index in [1.54, 1.807) is 60.7 Å². The molecule has 16 heteroatoms. The number of rotatable bonds is 23. The number of carboxylic acids is 1. The summed E-state index contributed by atoms with van der Waals surface area (Å²) in [6.45, 7) is 3.19. The van der Waals surface area contributed by atoms with E-state index in [0.29, 0.717) is 23.3 Å². The van der Waals surface area contributed by atoms with E-state index >= 15 is 0 Å². The minimum absolute atomic E-state index is 0.00891. The predicted molar refractivity (Wildman–Crippen MR) is 198 cm³/mol. The van der Waals surface area contributed by atoms with Crippen LogP contribution >= 0.6 is 11.8 Å². The standard InChI is InChI=1S/C36H51N7O8S/c1-22(2)18-27(35(50)41-26(32(38)47)16-17-52-3)40-30(44)21-39-34(49)28(19-23-10-6-4-7-11-23)43-36(51)29(20-24-12-8-5-9-13-24)42-33(48)25(37)14-15-31(45)46/h4-13,22,25-29H,14-21,37H2,1-3H3,(H2,38,47)(H,39,49)(H,40,44)(H,41,50)(H,42,48)(H,43,51)(H,45,46)/t25-,26-,27-,28-,29-/m0/s1. The summed E-state index contributed by atoms with van der Waals surface area (Å²) in [5, 5.41) is 22.0. The van der Waals surface area contributed by atoms with E-state index < -0.39 is 78.2 Å². The molecule has 2 aromatic rings. The molecule has 0 spiro atoms. The minimum Gasteiger partial charge on any atom is -0.481 e. The Balaban J connectivity index is 2.21. The van der Waals surface area contributed by atoms with E-state index in [9.17, 15) is 33.6 Å². The van der Waals surface area contributed by atoms with Gasteiger partial charge in [0.1, 0.15) is 24.2 Å². The van der Waals surface area contributed by atoms with Gasteiger partial charge in [-0.1, -0.05) is 74.5 Å². The van der Waals surface area contributed by atoms with Crippen molar-refractivity contribution in [3.8, 4) is 0 Å². The number of thioether (sulfide) groups is 1. The molecule has 52 heavy (non-hydrogen) atoms. The van der Waals surface area contributed by atoms with Gasteiger partial charge in [-0.2, -0.15) is 11.8 Å². The van der Waals surface area contributed by atoms with Crippen molar-refractivity contribution in [1.82, 2.24) is 26.6 Å². The Morgan fingerprint density at radius 2 is 1.19 bits per heavy atom. The monoisotopic (exact) mass is 741 g/mol. The van der Waals surface area contributed by atoms with Gasteiger partial charge < -0.3 is 43.2 Å². The molecular formula is C36H51N7O8S. The molecule has 0 aliphatic carbocycles. The summed E-state index contributed by atoms with van der Waals surface area (Å²) >= 11 is 1.49. The van der Waals surface area contributed by atoms with Crippen molar-refractivity contribution in [3.63, 3.8) is 0 Å². The van der Waals surface area contributed by atoms with Gasteiger partial charge >= 0.3 is 5.97 Å². The first-order valence-electron chi connectivity index (χ1n) is 17.0. The fourth-order valence-electron chi connectivity index (χ4n) is 5.11. The number of carbonyl (C=O) groups excluding carboxylic acids is 6. The summed E-state index contributed by atoms with van der Waals surface area (Å²) in [5.41, 5.74) is 12.8. The maximum absolute atomic E-state index is 13.7. The van der Waals surface area contributed by atoms with Gasteiger partial charge in [0.25, 0.3) is 0 Å². The molecule has 0 unspecified atom stereocenters. The molecule has 0 aliphatic rings. The highest BCUT2D eigenvalue weighted by atomic mass is 32.2. The zero-order valence-corrected chi connectivity index (χ0v) is 30.6. The van der Waals surface area contributed by atoms with E-state index in [4.69, 9.17) is 16.6 Å². The van der Waals surface area contributed by atoms with Crippen molar-refractivity contribution in [3.05, 3.63) is 71.8 Å². The van der Waals surface area contributed by atoms with Crippen LogP contribution in [0, 0.1) is 5.92 Å². The fraction of sp³-hybridized carbons (Fsp3) is 0.472. The van der Waals surface area contributed by atoms with E-state index in [-0.39, 0.29) is 38.0 Å². The number of benzene rings is 2. The predicted octanol–water partition coefficient (Wildman–Crippen LogP) is 0.00380. The van der Waals surface area contributed by atoms with Crippen molar-refractivity contribution in [1.29, 1.82) is 0 Å². The first-order valence-corrected chi connectivity index (χ1v) is 18.4. The average molecular weight is 742 g/mol. The second-order valence-electron chi connectivity index (χ2n) is 12.8. The molecule has 15 nitrogen and oxygen atoms in total. The Morgan fingerprint density at radius 1 is 0.692 bits per heavy atom. The van der Waals surface area contributed by atoms with Crippen LogP contribution in [0.3, 0.4) is 0 Å². The van der Waals surface area contributed by atoms with Gasteiger partial charge in [0.2, 0.25) is 35.4 Å². The van der Waals surface area contributed by atoms with E-state index in [0.717, 1.165) is 0 Å². The van der Waals surface area contributed by atoms with Gasteiger partial charge in [-0.3, -0.25) is 33.6 Å². The third-order valence-electron chi connectivity index (χ3n) is 7.89. The number of nitrogens with one attached hydrogen (secondary N) is 5. The Hall–Kier alpha value is -4.96. The molecule has 0 aromatic heterocycles. The highest BCUT2D eigenvalue weighted by Crippen LogP contribution is 2.09. The van der Waals surface area contributed by atoms with Crippen LogP contribution in [-0.2, 0) is 46.4 Å². The number of amides is 6. The molecule has 0 fully saturated rings. The third kappa shape index (κ3) is 16.4. The number of carbonyl (C=O) groups is 7. The highest BCUT2D eigenvalue weighted by Gasteiger charge is 2.30. The second kappa shape index (κ2) is 22.8. The van der Waals surface area contributed by atoms with E-state index in [1.165, 1.54) is 11.8 Å². The summed E-state index contributed by atoms with van der Waals surface area (Å²) in [6.07, 6.45) is 2.02. The molecule has 6 amide bonds. The number of hydrogen-bond acceptors (Lipinski definition) is 9. The lowest BCUT2D eigenvalue weighted by Crippen LogP contribution is -2.58. The van der Waals surface area contributed by atoms with Gasteiger partial charge in [0, 0.05) is 19.3 Å². The number of aliphatic carboxylic acids is 1. The topological polar surface area (TPSA) is 252 Å². The molecule has 2 aromatic carbocycles. The average Bonchev–Trinajstić information content (AvgIpc) is 3.10. The van der Waals surface area contributed by atoms with Crippen LogP contribution < -0.4 is 38.1 Å². The van der Waals surface area contributed by atoms with Gasteiger partial charge in [0.05, 0.1) is 12.6 Å². The van der Waals surface area contributed by atoms with Gasteiger partial charge in [-0.05, 0) is 48.3 Å². The number of primary amides is 1. The molecule has 10 N–H and O–H groups in total. The first-order chi connectivity index (χ1) is 24.7. The molecule has 0 bridgehead atoms. The first kappa shape index (κ1) is 43.2. The third-order valence-corrected chi connectivity index (χ3v) is 8.53. The van der Waals surface area contributed by atoms with Crippen LogP contribution in [0.15, 0.2) is 60.7 Å². The largest absolute Gasteiger partial charge is 0.481 e. The molecule has 5 atom stereocenters. The van der Waals surface area contributed by atoms with Crippen molar-refractivity contribution < 1.29 is 38.7 Å². The fourth-order valence-corrected chi connectivity index (χ4v) is 5.58. The minimum atomic E-state index is -1.19.